The van der Waals surface area contributed by atoms with Crippen LogP contribution < -0.4 is 4.74 Å². The van der Waals surface area contributed by atoms with Crippen molar-refractivity contribution in [1.29, 1.82) is 0 Å². The Morgan fingerprint density at radius 2 is 1.54 bits per heavy atom. The smallest absolute Gasteiger partial charge is 0.311 e. The van der Waals surface area contributed by atoms with E-state index in [4.69, 9.17) is 4.74 Å². The zero-order valence-electron chi connectivity index (χ0n) is 25.0. The molecule has 4 heteroatoms. The Balaban J connectivity index is 0.988. The zero-order chi connectivity index (χ0) is 27.5. The third-order valence-corrected chi connectivity index (χ3v) is 12.2. The Hall–Kier alpha value is -1.84. The summed E-state index contributed by atoms with van der Waals surface area (Å²) < 4.78 is 5.38. The highest BCUT2D eigenvalue weighted by atomic mass is 16.5. The molecular formula is C35H53NO3. The maximum Gasteiger partial charge on any atom is 0.311 e. The molecule has 1 heterocycles. The third-order valence-electron chi connectivity index (χ3n) is 12.2. The summed E-state index contributed by atoms with van der Waals surface area (Å²) in [6.07, 6.45) is 20.7. The van der Waals surface area contributed by atoms with Crippen molar-refractivity contribution >= 4 is 11.9 Å². The standard InChI is InChI=1S/C35H53NO3/c1-34-24-22-30-28(19-21-31-35(30,2)25-23-32(37)36(31)3)29(34)20-18-26(34)14-10-7-5-4-6-8-13-17-33(38)39-27-15-11-9-12-16-27/h9,11-12,15-16,26,28-31H,4-8,10,13-14,17-25H2,1-3H3/t26-,28-,29-,30-,31+,34+,35+/m0/s1. The summed E-state index contributed by atoms with van der Waals surface area (Å²) in [4.78, 5) is 26.5. The average molecular weight is 536 g/mol. The Morgan fingerprint density at radius 3 is 2.31 bits per heavy atom. The number of unbranched alkanes of at least 4 members (excludes halogenated alkanes) is 6. The topological polar surface area (TPSA) is 46.6 Å². The minimum atomic E-state index is -0.109. The summed E-state index contributed by atoms with van der Waals surface area (Å²) in [6, 6.07) is 9.86. The number of benzene rings is 1. The molecule has 0 radical (unpaired) electrons. The molecule has 0 N–H and O–H groups in total. The van der Waals surface area contributed by atoms with Gasteiger partial charge in [-0.2, -0.15) is 0 Å². The molecule has 1 aromatic carbocycles. The van der Waals surface area contributed by atoms with Crippen LogP contribution in [-0.2, 0) is 9.59 Å². The lowest BCUT2D eigenvalue weighted by molar-refractivity contribution is -0.158. The zero-order valence-corrected chi connectivity index (χ0v) is 25.0. The van der Waals surface area contributed by atoms with Gasteiger partial charge in [0.15, 0.2) is 0 Å². The van der Waals surface area contributed by atoms with E-state index in [1.54, 1.807) is 0 Å². The van der Waals surface area contributed by atoms with Crippen molar-refractivity contribution in [1.82, 2.24) is 4.90 Å². The number of fused-ring (bicyclic) bond motifs is 5. The second kappa shape index (κ2) is 12.4. The molecule has 5 rings (SSSR count). The second-order valence-electron chi connectivity index (χ2n) is 14.1. The lowest BCUT2D eigenvalue weighted by Gasteiger charge is -2.62. The van der Waals surface area contributed by atoms with E-state index in [0.717, 1.165) is 49.4 Å². The van der Waals surface area contributed by atoms with Crippen molar-refractivity contribution < 1.29 is 14.3 Å². The highest BCUT2D eigenvalue weighted by Crippen LogP contribution is 2.66. The van der Waals surface area contributed by atoms with E-state index in [1.807, 2.05) is 30.3 Å². The number of para-hydroxylation sites is 1. The van der Waals surface area contributed by atoms with Crippen LogP contribution in [0.2, 0.25) is 0 Å². The van der Waals surface area contributed by atoms with Crippen molar-refractivity contribution in [2.75, 3.05) is 7.05 Å². The summed E-state index contributed by atoms with van der Waals surface area (Å²) >= 11 is 0. The molecule has 1 aliphatic heterocycles. The fourth-order valence-corrected chi connectivity index (χ4v) is 9.95. The van der Waals surface area contributed by atoms with Gasteiger partial charge in [-0.05, 0) is 104 Å². The summed E-state index contributed by atoms with van der Waals surface area (Å²) in [5.41, 5.74) is 0.891. The molecule has 0 unspecified atom stereocenters. The van der Waals surface area contributed by atoms with Gasteiger partial charge >= 0.3 is 5.97 Å². The van der Waals surface area contributed by atoms with Crippen molar-refractivity contribution in [2.24, 2.45) is 34.5 Å². The predicted octanol–water partition coefficient (Wildman–Crippen LogP) is 8.58. The minimum absolute atomic E-state index is 0.109. The maximum absolute atomic E-state index is 12.4. The summed E-state index contributed by atoms with van der Waals surface area (Å²) in [7, 11) is 2.08. The number of carbonyl (C=O) groups is 2. The quantitative estimate of drug-likeness (QED) is 0.162. The van der Waals surface area contributed by atoms with Crippen LogP contribution in [-0.4, -0.2) is 29.9 Å². The molecule has 39 heavy (non-hydrogen) atoms. The van der Waals surface area contributed by atoms with Gasteiger partial charge in [0.25, 0.3) is 0 Å². The van der Waals surface area contributed by atoms with E-state index in [1.165, 1.54) is 77.0 Å². The average Bonchev–Trinajstić information content (AvgIpc) is 3.27. The molecule has 1 saturated heterocycles. The van der Waals surface area contributed by atoms with E-state index in [-0.39, 0.29) is 5.97 Å². The first-order valence-corrected chi connectivity index (χ1v) is 16.3. The lowest BCUT2D eigenvalue weighted by atomic mass is 9.46. The van der Waals surface area contributed by atoms with Gasteiger partial charge in [0.1, 0.15) is 5.75 Å². The van der Waals surface area contributed by atoms with Gasteiger partial charge in [-0.1, -0.05) is 70.6 Å². The minimum Gasteiger partial charge on any atom is -0.427 e. The van der Waals surface area contributed by atoms with Crippen molar-refractivity contribution in [3.63, 3.8) is 0 Å². The first kappa shape index (κ1) is 28.7. The fraction of sp³-hybridized carbons (Fsp3) is 0.771. The largest absolute Gasteiger partial charge is 0.427 e. The molecule has 4 aliphatic rings. The van der Waals surface area contributed by atoms with Crippen LogP contribution in [0.4, 0.5) is 0 Å². The monoisotopic (exact) mass is 535 g/mol. The van der Waals surface area contributed by atoms with Gasteiger partial charge in [0.05, 0.1) is 0 Å². The van der Waals surface area contributed by atoms with Crippen LogP contribution in [0.25, 0.3) is 0 Å². The van der Waals surface area contributed by atoms with Crippen molar-refractivity contribution in [3.05, 3.63) is 30.3 Å². The SMILES string of the molecule is CN1C(=O)CC[C@]2(C)[C@H]3CC[C@]4(C)[C@@H](CCCCCCCCCC(=O)Oc5ccccc5)CC[C@H]4[C@@H]3CC[C@@H]12. The summed E-state index contributed by atoms with van der Waals surface area (Å²) in [5, 5.41) is 0. The van der Waals surface area contributed by atoms with E-state index < -0.39 is 0 Å². The molecule has 0 spiro atoms. The number of ether oxygens (including phenoxy) is 1. The summed E-state index contributed by atoms with van der Waals surface area (Å²) in [5.74, 6) is 4.46. The number of hydrogen-bond donors (Lipinski definition) is 0. The van der Waals surface area contributed by atoms with E-state index in [2.05, 4.69) is 25.8 Å². The number of rotatable bonds is 11. The van der Waals surface area contributed by atoms with Gasteiger partial charge in [-0.15, -0.1) is 0 Å². The molecule has 0 bridgehead atoms. The Morgan fingerprint density at radius 1 is 0.846 bits per heavy atom. The molecule has 4 nitrogen and oxygen atoms in total. The normalized spacial score (nSPS) is 35.7. The van der Waals surface area contributed by atoms with Crippen LogP contribution in [0.15, 0.2) is 30.3 Å². The molecular weight excluding hydrogens is 482 g/mol. The lowest BCUT2D eigenvalue weighted by Crippen LogP contribution is -2.61. The number of piperidine rings is 1. The van der Waals surface area contributed by atoms with Crippen molar-refractivity contribution in [3.8, 4) is 5.75 Å². The summed E-state index contributed by atoms with van der Waals surface area (Å²) in [6.45, 7) is 5.21. The molecule has 1 amide bonds. The van der Waals surface area contributed by atoms with Gasteiger partial charge in [-0.3, -0.25) is 9.59 Å². The van der Waals surface area contributed by atoms with Gasteiger partial charge < -0.3 is 9.64 Å². The van der Waals surface area contributed by atoms with Crippen LogP contribution in [0.3, 0.4) is 0 Å². The van der Waals surface area contributed by atoms with Gasteiger partial charge in [0.2, 0.25) is 5.91 Å². The highest BCUT2D eigenvalue weighted by molar-refractivity contribution is 5.77. The van der Waals surface area contributed by atoms with E-state index >= 15 is 0 Å². The van der Waals surface area contributed by atoms with E-state index in [9.17, 15) is 9.59 Å². The first-order chi connectivity index (χ1) is 18.8. The molecule has 0 aromatic heterocycles. The molecule has 1 aromatic rings. The van der Waals surface area contributed by atoms with Crippen LogP contribution in [0.5, 0.6) is 5.75 Å². The van der Waals surface area contributed by atoms with Crippen molar-refractivity contribution in [2.45, 2.75) is 129 Å². The Kier molecular flexibility index (Phi) is 9.08. The fourth-order valence-electron chi connectivity index (χ4n) is 9.95. The predicted molar refractivity (Wildman–Crippen MR) is 157 cm³/mol. The number of nitrogens with zero attached hydrogens (tertiary/aromatic N) is 1. The molecule has 7 atom stereocenters. The highest BCUT2D eigenvalue weighted by Gasteiger charge is 2.60. The second-order valence-corrected chi connectivity index (χ2v) is 14.1. The first-order valence-electron chi connectivity index (χ1n) is 16.3. The van der Waals surface area contributed by atoms with Gasteiger partial charge in [-0.25, -0.2) is 0 Å². The third kappa shape index (κ3) is 5.96. The van der Waals surface area contributed by atoms with Gasteiger partial charge in [0, 0.05) is 25.9 Å². The molecule has 4 fully saturated rings. The van der Waals surface area contributed by atoms with Crippen LogP contribution in [0.1, 0.15) is 123 Å². The van der Waals surface area contributed by atoms with Crippen LogP contribution >= 0.6 is 0 Å². The number of esters is 1. The number of likely N-dealkylation sites (tertiary alicyclic amines) is 1. The number of hydrogen-bond acceptors (Lipinski definition) is 3. The maximum atomic E-state index is 12.4. The Bertz CT molecular complexity index is 977. The van der Waals surface area contributed by atoms with E-state index in [0.29, 0.717) is 34.9 Å². The molecule has 3 saturated carbocycles. The molecule has 3 aliphatic carbocycles. The molecule has 216 valence electrons. The van der Waals surface area contributed by atoms with Crippen LogP contribution in [0, 0.1) is 34.5 Å². The Labute approximate surface area is 237 Å². The number of amides is 1. The number of carbonyl (C=O) groups excluding carboxylic acids is 2.